The van der Waals surface area contributed by atoms with Crippen molar-refractivity contribution in [1.82, 2.24) is 0 Å². The molecule has 0 radical (unpaired) electrons. The van der Waals surface area contributed by atoms with Crippen LogP contribution >= 0.6 is 11.8 Å². The van der Waals surface area contributed by atoms with Crippen molar-refractivity contribution in [2.75, 3.05) is 11.5 Å². The van der Waals surface area contributed by atoms with E-state index in [9.17, 15) is 9.59 Å². The summed E-state index contributed by atoms with van der Waals surface area (Å²) in [6, 6.07) is 30.7. The number of carbonyl (C=O) groups excluding carboxylic acids is 2. The number of nitrogens with zero attached hydrogens (tertiary/aromatic N) is 1. The normalized spacial score (nSPS) is 12.0. The van der Waals surface area contributed by atoms with Crippen LogP contribution in [-0.4, -0.2) is 18.5 Å². The maximum Gasteiger partial charge on any atom is 0.339 e. The quantitative estimate of drug-likeness (QED) is 0.326. The summed E-state index contributed by atoms with van der Waals surface area (Å²) in [6.07, 6.45) is 0. The molecule has 4 nitrogen and oxygen atoms in total. The van der Waals surface area contributed by atoms with E-state index in [1.807, 2.05) is 91.9 Å². The zero-order valence-corrected chi connectivity index (χ0v) is 18.8. The summed E-state index contributed by atoms with van der Waals surface area (Å²) in [5, 5.41) is 0. The molecule has 4 aromatic carbocycles. The summed E-state index contributed by atoms with van der Waals surface area (Å²) in [5.41, 5.74) is 4.87. The smallest absolute Gasteiger partial charge is 0.339 e. The van der Waals surface area contributed by atoms with Crippen LogP contribution < -0.4 is 4.90 Å². The average molecular weight is 452 g/mol. The Balaban J connectivity index is 1.39. The molecule has 5 heteroatoms. The zero-order chi connectivity index (χ0) is 22.8. The van der Waals surface area contributed by atoms with E-state index in [0.717, 1.165) is 37.9 Å². The van der Waals surface area contributed by atoms with Crippen molar-refractivity contribution < 1.29 is 14.3 Å². The molecule has 0 aromatic heterocycles. The second-order valence-corrected chi connectivity index (χ2v) is 8.84. The first kappa shape index (κ1) is 21.0. The summed E-state index contributed by atoms with van der Waals surface area (Å²) in [6.45, 7) is 1.67. The summed E-state index contributed by atoms with van der Waals surface area (Å²) in [4.78, 5) is 29.9. The molecule has 0 bridgehead atoms. The predicted molar refractivity (Wildman–Crippen MR) is 131 cm³/mol. The third kappa shape index (κ3) is 4.15. The number of anilines is 2. The number of ether oxygens (including phenoxy) is 1. The Labute approximate surface area is 196 Å². The summed E-state index contributed by atoms with van der Waals surface area (Å²) in [7, 11) is 0. The molecule has 0 spiro atoms. The Morgan fingerprint density at radius 1 is 0.758 bits per heavy atom. The van der Waals surface area contributed by atoms with Gasteiger partial charge in [-0.2, -0.15) is 0 Å². The van der Waals surface area contributed by atoms with Crippen LogP contribution in [0.5, 0.6) is 0 Å². The van der Waals surface area contributed by atoms with Crippen LogP contribution in [0.15, 0.2) is 107 Å². The lowest BCUT2D eigenvalue weighted by Gasteiger charge is -2.30. The van der Waals surface area contributed by atoms with E-state index in [1.54, 1.807) is 28.8 Å². The topological polar surface area (TPSA) is 46.6 Å². The summed E-state index contributed by atoms with van der Waals surface area (Å²) in [5.74, 6) is -0.816. The number of carbonyl (C=O) groups is 2. The highest BCUT2D eigenvalue weighted by molar-refractivity contribution is 7.99. The van der Waals surface area contributed by atoms with E-state index >= 15 is 0 Å². The second-order valence-electron chi connectivity index (χ2n) is 7.75. The maximum atomic E-state index is 13.3. The molecule has 33 heavy (non-hydrogen) atoms. The van der Waals surface area contributed by atoms with Crippen LogP contribution in [0.1, 0.15) is 15.9 Å². The van der Waals surface area contributed by atoms with Crippen molar-refractivity contribution in [2.24, 2.45) is 0 Å². The van der Waals surface area contributed by atoms with Gasteiger partial charge in [0.2, 0.25) is 0 Å². The molecular weight excluding hydrogens is 430 g/mol. The number of benzene rings is 4. The highest BCUT2D eigenvalue weighted by Crippen LogP contribution is 2.47. The lowest BCUT2D eigenvalue weighted by molar-refractivity contribution is -0.121. The Kier molecular flexibility index (Phi) is 5.71. The molecule has 1 amide bonds. The van der Waals surface area contributed by atoms with Gasteiger partial charge in [-0.15, -0.1) is 0 Å². The van der Waals surface area contributed by atoms with Gasteiger partial charge in [-0.05, 0) is 48.4 Å². The fourth-order valence-corrected chi connectivity index (χ4v) is 4.95. The van der Waals surface area contributed by atoms with Crippen LogP contribution in [0.4, 0.5) is 11.4 Å². The lowest BCUT2D eigenvalue weighted by atomic mass is 9.99. The van der Waals surface area contributed by atoms with Gasteiger partial charge in [0.25, 0.3) is 5.91 Å². The van der Waals surface area contributed by atoms with Gasteiger partial charge in [0.05, 0.1) is 16.9 Å². The molecular formula is C28H21NO3S. The van der Waals surface area contributed by atoms with Gasteiger partial charge in [-0.25, -0.2) is 4.79 Å². The van der Waals surface area contributed by atoms with Crippen molar-refractivity contribution >= 4 is 35.0 Å². The fourth-order valence-electron chi connectivity index (χ4n) is 3.89. The van der Waals surface area contributed by atoms with Gasteiger partial charge in [0.1, 0.15) is 0 Å². The summed E-state index contributed by atoms with van der Waals surface area (Å²) < 4.78 is 5.52. The van der Waals surface area contributed by atoms with Crippen LogP contribution in [0.3, 0.4) is 0 Å². The second kappa shape index (κ2) is 8.96. The fraction of sp³-hybridized carbons (Fsp3) is 0.0714. The minimum atomic E-state index is -0.521. The van der Waals surface area contributed by atoms with Gasteiger partial charge in [-0.3, -0.25) is 9.69 Å². The standard InChI is InChI=1S/C28H21NO3S/c1-19-14-16-20(17-15-19)21-8-2-3-9-22(21)28(31)32-18-27(30)29-23-10-4-6-12-25(23)33-26-13-7-5-11-24(26)29/h2-17H,18H2,1H3. The Morgan fingerprint density at radius 2 is 1.33 bits per heavy atom. The predicted octanol–water partition coefficient (Wildman–Crippen LogP) is 6.65. The van der Waals surface area contributed by atoms with Crippen LogP contribution in [0.2, 0.25) is 0 Å². The van der Waals surface area contributed by atoms with E-state index in [-0.39, 0.29) is 12.5 Å². The molecule has 1 aliphatic rings. The third-order valence-electron chi connectivity index (χ3n) is 5.52. The van der Waals surface area contributed by atoms with Crippen LogP contribution in [0, 0.1) is 6.92 Å². The molecule has 4 aromatic rings. The highest BCUT2D eigenvalue weighted by Gasteiger charge is 2.28. The molecule has 0 N–H and O–H groups in total. The van der Waals surface area contributed by atoms with Gasteiger partial charge >= 0.3 is 5.97 Å². The summed E-state index contributed by atoms with van der Waals surface area (Å²) >= 11 is 1.62. The van der Waals surface area contributed by atoms with Crippen molar-refractivity contribution in [1.29, 1.82) is 0 Å². The number of aryl methyl sites for hydroxylation is 1. The van der Waals surface area contributed by atoms with E-state index in [1.165, 1.54) is 0 Å². The van der Waals surface area contributed by atoms with Crippen molar-refractivity contribution in [2.45, 2.75) is 16.7 Å². The molecule has 0 aliphatic carbocycles. The molecule has 162 valence electrons. The molecule has 1 aliphatic heterocycles. The van der Waals surface area contributed by atoms with Crippen molar-refractivity contribution in [3.63, 3.8) is 0 Å². The van der Waals surface area contributed by atoms with Crippen LogP contribution in [0.25, 0.3) is 11.1 Å². The number of rotatable bonds is 4. The first-order valence-electron chi connectivity index (χ1n) is 10.6. The largest absolute Gasteiger partial charge is 0.452 e. The molecule has 0 saturated carbocycles. The molecule has 0 fully saturated rings. The third-order valence-corrected chi connectivity index (χ3v) is 6.65. The number of para-hydroxylation sites is 2. The Bertz CT molecular complexity index is 1300. The van der Waals surface area contributed by atoms with E-state index in [2.05, 4.69) is 0 Å². The Hall–Kier alpha value is -3.83. The molecule has 0 unspecified atom stereocenters. The SMILES string of the molecule is Cc1ccc(-c2ccccc2C(=O)OCC(=O)N2c3ccccc3Sc3ccccc32)cc1. The Morgan fingerprint density at radius 3 is 2.00 bits per heavy atom. The van der Waals surface area contributed by atoms with Gasteiger partial charge in [-0.1, -0.05) is 84.1 Å². The number of esters is 1. The van der Waals surface area contributed by atoms with Gasteiger partial charge in [0.15, 0.2) is 6.61 Å². The van der Waals surface area contributed by atoms with E-state index in [4.69, 9.17) is 4.74 Å². The molecule has 0 atom stereocenters. The van der Waals surface area contributed by atoms with Crippen molar-refractivity contribution in [3.8, 4) is 11.1 Å². The van der Waals surface area contributed by atoms with E-state index < -0.39 is 5.97 Å². The average Bonchev–Trinajstić information content (AvgIpc) is 2.86. The maximum absolute atomic E-state index is 13.3. The molecule has 0 saturated heterocycles. The number of hydrogen-bond donors (Lipinski definition) is 0. The van der Waals surface area contributed by atoms with Gasteiger partial charge in [0, 0.05) is 9.79 Å². The van der Waals surface area contributed by atoms with E-state index in [0.29, 0.717) is 5.56 Å². The van der Waals surface area contributed by atoms with Gasteiger partial charge < -0.3 is 4.74 Å². The number of amides is 1. The first-order valence-corrected chi connectivity index (χ1v) is 11.5. The molecule has 5 rings (SSSR count). The van der Waals surface area contributed by atoms with Crippen molar-refractivity contribution in [3.05, 3.63) is 108 Å². The minimum Gasteiger partial charge on any atom is -0.452 e. The minimum absolute atomic E-state index is 0.295. The highest BCUT2D eigenvalue weighted by atomic mass is 32.2. The monoisotopic (exact) mass is 451 g/mol. The number of hydrogen-bond acceptors (Lipinski definition) is 4. The zero-order valence-electron chi connectivity index (χ0n) is 18.0. The van der Waals surface area contributed by atoms with Crippen LogP contribution in [-0.2, 0) is 9.53 Å². The lowest BCUT2D eigenvalue weighted by Crippen LogP contribution is -2.32. The molecule has 1 heterocycles. The number of fused-ring (bicyclic) bond motifs is 2. The first-order chi connectivity index (χ1) is 16.1.